The summed E-state index contributed by atoms with van der Waals surface area (Å²) in [5.41, 5.74) is 0.580. The lowest BCUT2D eigenvalue weighted by molar-refractivity contribution is 0.622. The molecule has 0 bridgehead atoms. The van der Waals surface area contributed by atoms with Gasteiger partial charge in [-0.2, -0.15) is 5.26 Å². The van der Waals surface area contributed by atoms with E-state index in [4.69, 9.17) is 16.9 Å². The van der Waals surface area contributed by atoms with E-state index in [0.717, 1.165) is 0 Å². The lowest BCUT2D eigenvalue weighted by Gasteiger charge is -1.97. The highest BCUT2D eigenvalue weighted by Gasteiger charge is 2.04. The van der Waals surface area contributed by atoms with Gasteiger partial charge in [0.1, 0.15) is 11.9 Å². The summed E-state index contributed by atoms with van der Waals surface area (Å²) in [6, 6.07) is 6.17. The van der Waals surface area contributed by atoms with Crippen LogP contribution >= 0.6 is 11.6 Å². The molecule has 0 radical (unpaired) electrons. The first-order valence-electron chi connectivity index (χ1n) is 3.03. The molecule has 0 spiro atoms. The number of hydrogen-bond donors (Lipinski definition) is 0. The Balaban J connectivity index is 3.27. The van der Waals surface area contributed by atoms with E-state index < -0.39 is 5.82 Å². The SMILES string of the molecule is N#Cc1c(F)cccc1CCl. The van der Waals surface area contributed by atoms with Gasteiger partial charge in [-0.15, -0.1) is 11.6 Å². The van der Waals surface area contributed by atoms with Crippen LogP contribution < -0.4 is 0 Å². The fourth-order valence-corrected chi connectivity index (χ4v) is 1.03. The molecule has 1 nitrogen and oxygen atoms in total. The van der Waals surface area contributed by atoms with Gasteiger partial charge < -0.3 is 0 Å². The minimum absolute atomic E-state index is 0.0440. The molecule has 0 aliphatic rings. The Hall–Kier alpha value is -1.07. The Kier molecular flexibility index (Phi) is 2.45. The largest absolute Gasteiger partial charge is 0.206 e. The molecular weight excluding hydrogens is 165 g/mol. The van der Waals surface area contributed by atoms with Gasteiger partial charge in [-0.3, -0.25) is 0 Å². The summed E-state index contributed by atoms with van der Waals surface area (Å²) in [5, 5.41) is 8.48. The van der Waals surface area contributed by atoms with Crippen LogP contribution in [0.25, 0.3) is 0 Å². The first-order chi connectivity index (χ1) is 5.29. The maximum absolute atomic E-state index is 12.8. The van der Waals surface area contributed by atoms with Crippen molar-refractivity contribution in [3.63, 3.8) is 0 Å². The zero-order valence-corrected chi connectivity index (χ0v) is 6.40. The van der Waals surface area contributed by atoms with Gasteiger partial charge in [0.25, 0.3) is 0 Å². The highest BCUT2D eigenvalue weighted by molar-refractivity contribution is 6.17. The Bertz CT molecular complexity index is 303. The minimum atomic E-state index is -0.509. The van der Waals surface area contributed by atoms with Gasteiger partial charge in [0.15, 0.2) is 0 Å². The molecule has 1 rings (SSSR count). The van der Waals surface area contributed by atoms with Crippen molar-refractivity contribution in [2.75, 3.05) is 0 Å². The van der Waals surface area contributed by atoms with E-state index in [-0.39, 0.29) is 11.4 Å². The van der Waals surface area contributed by atoms with Gasteiger partial charge in [-0.05, 0) is 11.6 Å². The van der Waals surface area contributed by atoms with Crippen molar-refractivity contribution >= 4 is 11.6 Å². The van der Waals surface area contributed by atoms with Crippen LogP contribution in [0.1, 0.15) is 11.1 Å². The molecule has 11 heavy (non-hydrogen) atoms. The van der Waals surface area contributed by atoms with Crippen molar-refractivity contribution in [1.29, 1.82) is 5.26 Å². The first kappa shape index (κ1) is 8.03. The summed E-state index contributed by atoms with van der Waals surface area (Å²) in [6.07, 6.45) is 0. The third-order valence-electron chi connectivity index (χ3n) is 1.36. The molecule has 0 saturated heterocycles. The smallest absolute Gasteiger partial charge is 0.141 e. The number of nitrogens with zero attached hydrogens (tertiary/aromatic N) is 1. The Morgan fingerprint density at radius 3 is 2.73 bits per heavy atom. The standard InChI is InChI=1S/C8H5ClFN/c9-4-6-2-1-3-8(10)7(6)5-11/h1-3H,4H2. The number of nitriles is 1. The van der Waals surface area contributed by atoms with Crippen molar-refractivity contribution in [3.05, 3.63) is 35.1 Å². The quantitative estimate of drug-likeness (QED) is 0.593. The van der Waals surface area contributed by atoms with E-state index in [2.05, 4.69) is 0 Å². The van der Waals surface area contributed by atoms with Crippen molar-refractivity contribution in [3.8, 4) is 6.07 Å². The van der Waals surface area contributed by atoms with Crippen molar-refractivity contribution in [2.24, 2.45) is 0 Å². The first-order valence-corrected chi connectivity index (χ1v) is 3.56. The predicted octanol–water partition coefficient (Wildman–Crippen LogP) is 2.44. The van der Waals surface area contributed by atoms with Crippen LogP contribution in [0.2, 0.25) is 0 Å². The molecule has 0 heterocycles. The Morgan fingerprint density at radius 2 is 2.27 bits per heavy atom. The number of benzene rings is 1. The molecule has 0 fully saturated rings. The molecular formula is C8H5ClFN. The van der Waals surface area contributed by atoms with Crippen LogP contribution in [-0.2, 0) is 5.88 Å². The van der Waals surface area contributed by atoms with Gasteiger partial charge in [-0.1, -0.05) is 12.1 Å². The van der Waals surface area contributed by atoms with Crippen LogP contribution in [0, 0.1) is 17.1 Å². The maximum atomic E-state index is 12.8. The van der Waals surface area contributed by atoms with E-state index in [1.165, 1.54) is 12.1 Å². The molecule has 0 aliphatic carbocycles. The van der Waals surface area contributed by atoms with E-state index in [1.807, 2.05) is 0 Å². The van der Waals surface area contributed by atoms with Crippen molar-refractivity contribution in [1.82, 2.24) is 0 Å². The minimum Gasteiger partial charge on any atom is -0.206 e. The van der Waals surface area contributed by atoms with Gasteiger partial charge in [-0.25, -0.2) is 4.39 Å². The van der Waals surface area contributed by atoms with E-state index in [1.54, 1.807) is 12.1 Å². The summed E-state index contributed by atoms with van der Waals surface area (Å²) in [6.45, 7) is 0. The van der Waals surface area contributed by atoms with Crippen molar-refractivity contribution < 1.29 is 4.39 Å². The lowest BCUT2D eigenvalue weighted by Crippen LogP contribution is -1.89. The van der Waals surface area contributed by atoms with Gasteiger partial charge in [0.2, 0.25) is 0 Å². The van der Waals surface area contributed by atoms with Crippen LogP contribution in [0.4, 0.5) is 4.39 Å². The summed E-state index contributed by atoms with van der Waals surface area (Å²) in [4.78, 5) is 0. The van der Waals surface area contributed by atoms with Gasteiger partial charge in [0, 0.05) is 5.88 Å². The summed E-state index contributed by atoms with van der Waals surface area (Å²) in [7, 11) is 0. The molecule has 0 atom stereocenters. The van der Waals surface area contributed by atoms with E-state index >= 15 is 0 Å². The number of hydrogen-bond acceptors (Lipinski definition) is 1. The number of alkyl halides is 1. The molecule has 56 valence electrons. The highest BCUT2D eigenvalue weighted by Crippen LogP contribution is 2.13. The average Bonchev–Trinajstić information content (AvgIpc) is 2.04. The van der Waals surface area contributed by atoms with E-state index in [0.29, 0.717) is 5.56 Å². The Morgan fingerprint density at radius 1 is 1.55 bits per heavy atom. The lowest BCUT2D eigenvalue weighted by atomic mass is 10.1. The average molecular weight is 170 g/mol. The van der Waals surface area contributed by atoms with Gasteiger partial charge >= 0.3 is 0 Å². The van der Waals surface area contributed by atoms with Crippen LogP contribution in [0.15, 0.2) is 18.2 Å². The second kappa shape index (κ2) is 3.36. The van der Waals surface area contributed by atoms with Crippen LogP contribution in [0.3, 0.4) is 0 Å². The summed E-state index contributed by atoms with van der Waals surface area (Å²) < 4.78 is 12.8. The number of rotatable bonds is 1. The molecule has 0 N–H and O–H groups in total. The molecule has 1 aromatic rings. The molecule has 0 aliphatic heterocycles. The third-order valence-corrected chi connectivity index (χ3v) is 1.64. The maximum Gasteiger partial charge on any atom is 0.141 e. The monoisotopic (exact) mass is 169 g/mol. The second-order valence-corrected chi connectivity index (χ2v) is 2.29. The zero-order valence-electron chi connectivity index (χ0n) is 5.64. The van der Waals surface area contributed by atoms with E-state index in [9.17, 15) is 4.39 Å². The third kappa shape index (κ3) is 1.50. The molecule has 3 heteroatoms. The van der Waals surface area contributed by atoms with Gasteiger partial charge in [0.05, 0.1) is 5.56 Å². The molecule has 0 amide bonds. The summed E-state index contributed by atoms with van der Waals surface area (Å²) in [5.74, 6) is -0.341. The topological polar surface area (TPSA) is 23.8 Å². The molecule has 1 aromatic carbocycles. The predicted molar refractivity (Wildman–Crippen MR) is 40.7 cm³/mol. The Labute approximate surface area is 69.0 Å². The molecule has 0 saturated carbocycles. The van der Waals surface area contributed by atoms with Crippen LogP contribution in [-0.4, -0.2) is 0 Å². The number of halogens is 2. The molecule has 0 aromatic heterocycles. The van der Waals surface area contributed by atoms with Crippen molar-refractivity contribution in [2.45, 2.75) is 5.88 Å². The second-order valence-electron chi connectivity index (χ2n) is 2.02. The molecule has 0 unspecified atom stereocenters. The van der Waals surface area contributed by atoms with Crippen LogP contribution in [0.5, 0.6) is 0 Å². The fraction of sp³-hybridized carbons (Fsp3) is 0.125. The highest BCUT2D eigenvalue weighted by atomic mass is 35.5. The zero-order chi connectivity index (χ0) is 8.27. The normalized spacial score (nSPS) is 9.18. The summed E-state index contributed by atoms with van der Waals surface area (Å²) >= 11 is 5.47. The fourth-order valence-electron chi connectivity index (χ4n) is 0.805.